The van der Waals surface area contributed by atoms with E-state index in [0.29, 0.717) is 17.2 Å². The van der Waals surface area contributed by atoms with Crippen LogP contribution in [0.15, 0.2) is 65.3 Å². The Kier molecular flexibility index (Phi) is 5.03. The predicted octanol–water partition coefficient (Wildman–Crippen LogP) is 4.10. The monoisotopic (exact) mass is 362 g/mol. The number of benzene rings is 1. The Hall–Kier alpha value is -2.92. The van der Waals surface area contributed by atoms with Crippen LogP contribution < -0.4 is 0 Å². The van der Waals surface area contributed by atoms with E-state index in [1.165, 1.54) is 12.0 Å². The van der Waals surface area contributed by atoms with Crippen molar-refractivity contribution < 1.29 is 14.3 Å². The van der Waals surface area contributed by atoms with Crippen molar-refractivity contribution in [2.75, 3.05) is 13.1 Å². The molecule has 1 N–H and O–H groups in total. The normalized spacial score (nSPS) is 17.3. The van der Waals surface area contributed by atoms with Crippen LogP contribution in [0.5, 0.6) is 0 Å². The number of aromatic nitrogens is 1. The van der Waals surface area contributed by atoms with Gasteiger partial charge in [0.2, 0.25) is 0 Å². The number of rotatable bonds is 6. The standard InChI is InChI=1S/C22H22N2O3/c25-22(26)20-6-2-1-5-19(20)21-8-7-18(27-21)15-24-11-9-17(14-24)12-16-4-3-10-23-13-16/h1-8,10,13,17H,9,11-12,14-15H2,(H,25,26). The summed E-state index contributed by atoms with van der Waals surface area (Å²) in [6.07, 6.45) is 5.98. The van der Waals surface area contributed by atoms with E-state index >= 15 is 0 Å². The van der Waals surface area contributed by atoms with Gasteiger partial charge < -0.3 is 9.52 Å². The summed E-state index contributed by atoms with van der Waals surface area (Å²) in [7, 11) is 0. The summed E-state index contributed by atoms with van der Waals surface area (Å²) < 4.78 is 5.96. The van der Waals surface area contributed by atoms with Crippen LogP contribution in [0.4, 0.5) is 0 Å². The number of likely N-dealkylation sites (tertiary alicyclic amines) is 1. The van der Waals surface area contributed by atoms with E-state index in [1.54, 1.807) is 24.4 Å². The van der Waals surface area contributed by atoms with E-state index < -0.39 is 5.97 Å². The van der Waals surface area contributed by atoms with Crippen molar-refractivity contribution in [3.63, 3.8) is 0 Å². The first kappa shape index (κ1) is 17.5. The van der Waals surface area contributed by atoms with Crippen LogP contribution in [0.3, 0.4) is 0 Å². The molecule has 5 heteroatoms. The molecule has 3 heterocycles. The van der Waals surface area contributed by atoms with Gasteiger partial charge in [-0.1, -0.05) is 24.3 Å². The second kappa shape index (κ2) is 7.76. The largest absolute Gasteiger partial charge is 0.478 e. The number of carboxylic acids is 1. The van der Waals surface area contributed by atoms with Crippen molar-refractivity contribution in [2.24, 2.45) is 5.92 Å². The first-order valence-electron chi connectivity index (χ1n) is 9.21. The predicted molar refractivity (Wildman–Crippen MR) is 102 cm³/mol. The molecule has 0 amide bonds. The van der Waals surface area contributed by atoms with Gasteiger partial charge in [-0.3, -0.25) is 9.88 Å². The van der Waals surface area contributed by atoms with Gasteiger partial charge >= 0.3 is 5.97 Å². The minimum atomic E-state index is -0.943. The Morgan fingerprint density at radius 2 is 2.07 bits per heavy atom. The first-order valence-corrected chi connectivity index (χ1v) is 9.21. The highest BCUT2D eigenvalue weighted by molar-refractivity contribution is 5.95. The Balaban J connectivity index is 1.40. The number of hydrogen-bond donors (Lipinski definition) is 1. The summed E-state index contributed by atoms with van der Waals surface area (Å²) in [6.45, 7) is 2.84. The van der Waals surface area contributed by atoms with Crippen LogP contribution >= 0.6 is 0 Å². The fraction of sp³-hybridized carbons (Fsp3) is 0.273. The van der Waals surface area contributed by atoms with Crippen LogP contribution in [-0.4, -0.2) is 34.0 Å². The van der Waals surface area contributed by atoms with Gasteiger partial charge in [0.1, 0.15) is 11.5 Å². The smallest absolute Gasteiger partial charge is 0.336 e. The Bertz CT molecular complexity index is 920. The maximum Gasteiger partial charge on any atom is 0.336 e. The summed E-state index contributed by atoms with van der Waals surface area (Å²) in [5.74, 6) is 1.17. The van der Waals surface area contributed by atoms with Gasteiger partial charge in [-0.2, -0.15) is 0 Å². The fourth-order valence-electron chi connectivity index (χ4n) is 3.79. The maximum absolute atomic E-state index is 11.4. The van der Waals surface area contributed by atoms with Crippen molar-refractivity contribution in [3.05, 3.63) is 77.8 Å². The average Bonchev–Trinajstić information content (AvgIpc) is 3.32. The Labute approximate surface area is 158 Å². The molecule has 0 radical (unpaired) electrons. The zero-order valence-electron chi connectivity index (χ0n) is 15.0. The van der Waals surface area contributed by atoms with Crippen molar-refractivity contribution in [3.8, 4) is 11.3 Å². The molecule has 1 atom stereocenters. The number of nitrogens with zero attached hydrogens (tertiary/aromatic N) is 2. The minimum Gasteiger partial charge on any atom is -0.478 e. The number of carbonyl (C=O) groups is 1. The third kappa shape index (κ3) is 4.09. The third-order valence-corrected chi connectivity index (χ3v) is 5.08. The van der Waals surface area contributed by atoms with E-state index in [2.05, 4.69) is 16.0 Å². The highest BCUT2D eigenvalue weighted by Gasteiger charge is 2.24. The van der Waals surface area contributed by atoms with Gasteiger partial charge in [0.25, 0.3) is 0 Å². The van der Waals surface area contributed by atoms with Crippen molar-refractivity contribution in [2.45, 2.75) is 19.4 Å². The average molecular weight is 362 g/mol. The van der Waals surface area contributed by atoms with Crippen LogP contribution in [0.25, 0.3) is 11.3 Å². The van der Waals surface area contributed by atoms with E-state index in [9.17, 15) is 9.90 Å². The third-order valence-electron chi connectivity index (χ3n) is 5.08. The second-order valence-corrected chi connectivity index (χ2v) is 7.07. The molecule has 2 aromatic heterocycles. The second-order valence-electron chi connectivity index (χ2n) is 7.07. The Morgan fingerprint density at radius 3 is 2.89 bits per heavy atom. The number of aromatic carboxylic acids is 1. The molecule has 0 aliphatic carbocycles. The topological polar surface area (TPSA) is 66.6 Å². The minimum absolute atomic E-state index is 0.260. The summed E-state index contributed by atoms with van der Waals surface area (Å²) in [6, 6.07) is 14.9. The zero-order chi connectivity index (χ0) is 18.6. The van der Waals surface area contributed by atoms with Crippen molar-refractivity contribution >= 4 is 5.97 Å². The summed E-state index contributed by atoms with van der Waals surface area (Å²) in [5.41, 5.74) is 2.16. The number of pyridine rings is 1. The van der Waals surface area contributed by atoms with Gasteiger partial charge in [0.15, 0.2) is 0 Å². The zero-order valence-corrected chi connectivity index (χ0v) is 15.0. The Morgan fingerprint density at radius 1 is 1.19 bits per heavy atom. The molecule has 3 aromatic rings. The molecule has 0 saturated carbocycles. The quantitative estimate of drug-likeness (QED) is 0.715. The number of furan rings is 1. The van der Waals surface area contributed by atoms with Gasteiger partial charge in [-0.15, -0.1) is 0 Å². The molecule has 1 aliphatic heterocycles. The van der Waals surface area contributed by atoms with Crippen molar-refractivity contribution in [1.82, 2.24) is 9.88 Å². The lowest BCUT2D eigenvalue weighted by Gasteiger charge is -2.14. The van der Waals surface area contributed by atoms with Crippen molar-refractivity contribution in [1.29, 1.82) is 0 Å². The molecule has 5 nitrogen and oxygen atoms in total. The van der Waals surface area contributed by atoms with E-state index in [4.69, 9.17) is 4.42 Å². The fourth-order valence-corrected chi connectivity index (χ4v) is 3.79. The summed E-state index contributed by atoms with van der Waals surface area (Å²) >= 11 is 0. The molecule has 27 heavy (non-hydrogen) atoms. The van der Waals surface area contributed by atoms with Crippen LogP contribution in [0, 0.1) is 5.92 Å². The molecule has 4 rings (SSSR count). The molecule has 1 saturated heterocycles. The number of carboxylic acid groups (broad SMARTS) is 1. The molecule has 0 spiro atoms. The molecular weight excluding hydrogens is 340 g/mol. The lowest BCUT2D eigenvalue weighted by molar-refractivity contribution is 0.0697. The van der Waals surface area contributed by atoms with E-state index in [-0.39, 0.29) is 5.56 Å². The van der Waals surface area contributed by atoms with Gasteiger partial charge in [-0.25, -0.2) is 4.79 Å². The van der Waals surface area contributed by atoms with Crippen LogP contribution in [0.1, 0.15) is 28.1 Å². The van der Waals surface area contributed by atoms with Crippen LogP contribution in [0.2, 0.25) is 0 Å². The molecule has 1 aromatic carbocycles. The molecule has 0 bridgehead atoms. The number of hydrogen-bond acceptors (Lipinski definition) is 4. The highest BCUT2D eigenvalue weighted by Crippen LogP contribution is 2.28. The van der Waals surface area contributed by atoms with Gasteiger partial charge in [0.05, 0.1) is 12.1 Å². The SMILES string of the molecule is O=C(O)c1ccccc1-c1ccc(CN2CCC(Cc3cccnc3)C2)o1. The first-order chi connectivity index (χ1) is 13.2. The summed E-state index contributed by atoms with van der Waals surface area (Å²) in [5, 5.41) is 9.36. The molecule has 138 valence electrons. The highest BCUT2D eigenvalue weighted by atomic mass is 16.4. The van der Waals surface area contributed by atoms with Crippen LogP contribution in [-0.2, 0) is 13.0 Å². The lowest BCUT2D eigenvalue weighted by atomic mass is 10.0. The van der Waals surface area contributed by atoms with Gasteiger partial charge in [0, 0.05) is 24.5 Å². The molecule has 1 unspecified atom stereocenters. The lowest BCUT2D eigenvalue weighted by Crippen LogP contribution is -2.20. The summed E-state index contributed by atoms with van der Waals surface area (Å²) in [4.78, 5) is 18.0. The molecule has 1 aliphatic rings. The maximum atomic E-state index is 11.4. The van der Waals surface area contributed by atoms with E-state index in [1.807, 2.05) is 30.5 Å². The molecular formula is C22H22N2O3. The molecule has 1 fully saturated rings. The van der Waals surface area contributed by atoms with Gasteiger partial charge in [-0.05, 0) is 55.1 Å². The van der Waals surface area contributed by atoms with E-state index in [0.717, 1.165) is 31.8 Å².